The van der Waals surface area contributed by atoms with Gasteiger partial charge in [-0.15, -0.1) is 11.3 Å². The zero-order chi connectivity index (χ0) is 23.2. The fraction of sp³-hybridized carbons (Fsp3) is 0.320. The standard InChI is InChI=1S/C25H26N4O3S/c1-17(30)18-9-11-20(12-10-18)29(25(32)21-16-26-13-14-27-21)23(22-8-5-15-33-22)24(31)28-19-6-3-2-4-7-19/h5,8-16,19,23H,2-4,6-7H2,1H3,(H,28,31)/t23-/m0/s1. The lowest BCUT2D eigenvalue weighted by Crippen LogP contribution is -2.47. The number of nitrogens with zero attached hydrogens (tertiary/aromatic N) is 3. The smallest absolute Gasteiger partial charge is 0.279 e. The summed E-state index contributed by atoms with van der Waals surface area (Å²) < 4.78 is 0. The summed E-state index contributed by atoms with van der Waals surface area (Å²) in [6, 6.07) is 9.67. The van der Waals surface area contributed by atoms with Crippen LogP contribution in [0.4, 0.5) is 5.69 Å². The van der Waals surface area contributed by atoms with Crippen LogP contribution in [0.1, 0.15) is 70.8 Å². The number of thiophene rings is 1. The van der Waals surface area contributed by atoms with Gasteiger partial charge in [-0.2, -0.15) is 0 Å². The molecule has 33 heavy (non-hydrogen) atoms. The van der Waals surface area contributed by atoms with Crippen molar-refractivity contribution in [2.75, 3.05) is 4.90 Å². The van der Waals surface area contributed by atoms with Crippen molar-refractivity contribution in [2.45, 2.75) is 51.1 Å². The van der Waals surface area contributed by atoms with Crippen LogP contribution in [0.3, 0.4) is 0 Å². The number of amides is 2. The molecule has 0 spiro atoms. The van der Waals surface area contributed by atoms with Crippen LogP contribution in [0.15, 0.2) is 60.4 Å². The van der Waals surface area contributed by atoms with Gasteiger partial charge in [-0.1, -0.05) is 25.3 Å². The Morgan fingerprint density at radius 2 is 1.82 bits per heavy atom. The average Bonchev–Trinajstić information content (AvgIpc) is 3.37. The quantitative estimate of drug-likeness (QED) is 0.519. The highest BCUT2D eigenvalue weighted by molar-refractivity contribution is 7.10. The van der Waals surface area contributed by atoms with Crippen molar-refractivity contribution < 1.29 is 14.4 Å². The van der Waals surface area contributed by atoms with E-state index >= 15 is 0 Å². The molecular formula is C25H26N4O3S. The lowest BCUT2D eigenvalue weighted by molar-refractivity contribution is -0.123. The first kappa shape index (κ1) is 22.8. The van der Waals surface area contributed by atoms with Crippen LogP contribution in [0.2, 0.25) is 0 Å². The molecule has 0 radical (unpaired) electrons. The Hall–Kier alpha value is -3.39. The summed E-state index contributed by atoms with van der Waals surface area (Å²) in [6.07, 6.45) is 9.57. The van der Waals surface area contributed by atoms with Crippen molar-refractivity contribution >= 4 is 34.6 Å². The molecule has 1 atom stereocenters. The maximum absolute atomic E-state index is 13.7. The van der Waals surface area contributed by atoms with E-state index < -0.39 is 11.9 Å². The fourth-order valence-electron chi connectivity index (χ4n) is 4.12. The summed E-state index contributed by atoms with van der Waals surface area (Å²) in [5.41, 5.74) is 1.18. The number of benzene rings is 1. The monoisotopic (exact) mass is 462 g/mol. The molecule has 0 aliphatic heterocycles. The Morgan fingerprint density at radius 1 is 1.06 bits per heavy atom. The summed E-state index contributed by atoms with van der Waals surface area (Å²) in [5.74, 6) is -0.730. The molecule has 0 saturated heterocycles. The number of hydrogen-bond acceptors (Lipinski definition) is 6. The molecule has 7 nitrogen and oxygen atoms in total. The minimum atomic E-state index is -0.871. The van der Waals surface area contributed by atoms with E-state index in [4.69, 9.17) is 0 Å². The Bertz CT molecular complexity index is 1090. The molecule has 1 fully saturated rings. The lowest BCUT2D eigenvalue weighted by Gasteiger charge is -2.32. The largest absolute Gasteiger partial charge is 0.351 e. The highest BCUT2D eigenvalue weighted by atomic mass is 32.1. The van der Waals surface area contributed by atoms with Gasteiger partial charge in [0.1, 0.15) is 5.69 Å². The van der Waals surface area contributed by atoms with Gasteiger partial charge in [-0.05, 0) is 55.5 Å². The maximum atomic E-state index is 13.7. The van der Waals surface area contributed by atoms with Crippen LogP contribution >= 0.6 is 11.3 Å². The van der Waals surface area contributed by atoms with Crippen molar-refractivity contribution in [1.29, 1.82) is 0 Å². The van der Waals surface area contributed by atoms with E-state index in [-0.39, 0.29) is 23.4 Å². The second-order valence-corrected chi connectivity index (χ2v) is 9.11. The molecule has 2 heterocycles. The number of rotatable bonds is 7. The van der Waals surface area contributed by atoms with Crippen molar-refractivity contribution in [1.82, 2.24) is 15.3 Å². The molecule has 170 valence electrons. The summed E-state index contributed by atoms with van der Waals surface area (Å²) in [7, 11) is 0. The predicted octanol–water partition coefficient (Wildman–Crippen LogP) is 4.58. The third-order valence-electron chi connectivity index (χ3n) is 5.82. The molecule has 0 bridgehead atoms. The Balaban J connectivity index is 1.76. The van der Waals surface area contributed by atoms with E-state index in [1.165, 1.54) is 48.2 Å². The van der Waals surface area contributed by atoms with E-state index in [0.29, 0.717) is 11.3 Å². The van der Waals surface area contributed by atoms with Gasteiger partial charge >= 0.3 is 0 Å². The number of carbonyl (C=O) groups excluding carboxylic acids is 3. The molecule has 8 heteroatoms. The third kappa shape index (κ3) is 5.34. The highest BCUT2D eigenvalue weighted by Crippen LogP contribution is 2.32. The number of nitrogens with one attached hydrogen (secondary N) is 1. The number of Topliss-reactive ketones (excluding diaryl/α,β-unsaturated/α-hetero) is 1. The fourth-order valence-corrected chi connectivity index (χ4v) is 4.93. The zero-order valence-electron chi connectivity index (χ0n) is 18.4. The van der Waals surface area contributed by atoms with Crippen LogP contribution in [-0.4, -0.2) is 33.6 Å². The van der Waals surface area contributed by atoms with Crippen LogP contribution in [0, 0.1) is 0 Å². The first-order valence-corrected chi connectivity index (χ1v) is 12.0. The van der Waals surface area contributed by atoms with E-state index in [9.17, 15) is 14.4 Å². The van der Waals surface area contributed by atoms with Crippen molar-refractivity contribution in [2.24, 2.45) is 0 Å². The maximum Gasteiger partial charge on any atom is 0.279 e. The molecule has 0 unspecified atom stereocenters. The van der Waals surface area contributed by atoms with Gasteiger partial charge in [-0.3, -0.25) is 24.3 Å². The molecule has 1 saturated carbocycles. The first-order chi connectivity index (χ1) is 16.0. The Morgan fingerprint density at radius 3 is 2.42 bits per heavy atom. The average molecular weight is 463 g/mol. The van der Waals surface area contributed by atoms with Gasteiger partial charge in [0.15, 0.2) is 11.8 Å². The van der Waals surface area contributed by atoms with E-state index in [0.717, 1.165) is 30.6 Å². The van der Waals surface area contributed by atoms with Crippen LogP contribution in [-0.2, 0) is 4.79 Å². The second kappa shape index (κ2) is 10.5. The SMILES string of the molecule is CC(=O)c1ccc(N(C(=O)c2cnccn2)[C@H](C(=O)NC2CCCCC2)c2cccs2)cc1. The van der Waals surface area contributed by atoms with Gasteiger partial charge in [-0.25, -0.2) is 4.98 Å². The molecule has 1 aliphatic carbocycles. The highest BCUT2D eigenvalue weighted by Gasteiger charge is 2.35. The number of hydrogen-bond donors (Lipinski definition) is 1. The minimum Gasteiger partial charge on any atom is -0.351 e. The van der Waals surface area contributed by atoms with Crippen molar-refractivity contribution in [3.63, 3.8) is 0 Å². The number of aromatic nitrogens is 2. The van der Waals surface area contributed by atoms with Gasteiger partial charge < -0.3 is 5.32 Å². The molecule has 2 aromatic heterocycles. The predicted molar refractivity (Wildman–Crippen MR) is 127 cm³/mol. The van der Waals surface area contributed by atoms with Crippen LogP contribution < -0.4 is 10.2 Å². The van der Waals surface area contributed by atoms with E-state index in [1.807, 2.05) is 17.5 Å². The molecule has 4 rings (SSSR count). The normalized spacial score (nSPS) is 14.9. The van der Waals surface area contributed by atoms with E-state index in [2.05, 4.69) is 15.3 Å². The second-order valence-electron chi connectivity index (χ2n) is 8.13. The topological polar surface area (TPSA) is 92.3 Å². The van der Waals surface area contributed by atoms with Gasteiger partial charge in [0.25, 0.3) is 5.91 Å². The number of anilines is 1. The number of carbonyl (C=O) groups is 3. The molecule has 1 N–H and O–H groups in total. The van der Waals surface area contributed by atoms with Gasteiger partial charge in [0.2, 0.25) is 5.91 Å². The molecule has 2 amide bonds. The zero-order valence-corrected chi connectivity index (χ0v) is 19.3. The van der Waals surface area contributed by atoms with Gasteiger partial charge in [0.05, 0.1) is 6.20 Å². The summed E-state index contributed by atoms with van der Waals surface area (Å²) >= 11 is 1.42. The molecule has 3 aromatic rings. The minimum absolute atomic E-state index is 0.0711. The molecule has 1 aromatic carbocycles. The summed E-state index contributed by atoms with van der Waals surface area (Å²) in [5, 5.41) is 5.07. The summed E-state index contributed by atoms with van der Waals surface area (Å²) in [4.78, 5) is 49.5. The Labute approximate surface area is 196 Å². The van der Waals surface area contributed by atoms with Crippen molar-refractivity contribution in [3.05, 3.63) is 76.5 Å². The molecule has 1 aliphatic rings. The van der Waals surface area contributed by atoms with Crippen LogP contribution in [0.25, 0.3) is 0 Å². The third-order valence-corrected chi connectivity index (χ3v) is 6.75. The first-order valence-electron chi connectivity index (χ1n) is 11.1. The summed E-state index contributed by atoms with van der Waals surface area (Å²) in [6.45, 7) is 1.49. The van der Waals surface area contributed by atoms with Crippen molar-refractivity contribution in [3.8, 4) is 0 Å². The van der Waals surface area contributed by atoms with E-state index in [1.54, 1.807) is 24.3 Å². The Kier molecular flexibility index (Phi) is 7.24. The van der Waals surface area contributed by atoms with Gasteiger partial charge in [0, 0.05) is 34.6 Å². The van der Waals surface area contributed by atoms with Crippen LogP contribution in [0.5, 0.6) is 0 Å². The number of ketones is 1. The molecular weight excluding hydrogens is 436 g/mol. The lowest BCUT2D eigenvalue weighted by atomic mass is 9.95.